The second-order valence-electron chi connectivity index (χ2n) is 5.20. The van der Waals surface area contributed by atoms with Crippen LogP contribution in [0.4, 0.5) is 5.82 Å². The molecular weight excluding hydrogens is 226 g/mol. The number of aromatic nitrogens is 1. The number of piperidine rings is 1. The number of nitrogens with zero attached hydrogens (tertiary/aromatic N) is 2. The van der Waals surface area contributed by atoms with Gasteiger partial charge in [-0.3, -0.25) is 0 Å². The van der Waals surface area contributed by atoms with Gasteiger partial charge in [0.2, 0.25) is 0 Å². The quantitative estimate of drug-likeness (QED) is 0.852. The van der Waals surface area contributed by atoms with E-state index in [1.165, 1.54) is 12.8 Å². The van der Waals surface area contributed by atoms with Gasteiger partial charge in [-0.15, -0.1) is 0 Å². The van der Waals surface area contributed by atoms with Crippen LogP contribution in [-0.2, 0) is 0 Å². The SMILES string of the molecule is C[C@H](N)c1ccc(N2CCCC(CCO)C2)nc1. The molecule has 0 saturated carbocycles. The Bertz CT molecular complexity index is 362. The highest BCUT2D eigenvalue weighted by Gasteiger charge is 2.20. The van der Waals surface area contributed by atoms with Crippen molar-refractivity contribution in [3.05, 3.63) is 23.9 Å². The van der Waals surface area contributed by atoms with Gasteiger partial charge in [-0.1, -0.05) is 6.07 Å². The highest BCUT2D eigenvalue weighted by Crippen LogP contribution is 2.24. The van der Waals surface area contributed by atoms with E-state index >= 15 is 0 Å². The van der Waals surface area contributed by atoms with Gasteiger partial charge in [-0.25, -0.2) is 4.98 Å². The summed E-state index contributed by atoms with van der Waals surface area (Å²) in [5.41, 5.74) is 6.89. The summed E-state index contributed by atoms with van der Waals surface area (Å²) < 4.78 is 0. The monoisotopic (exact) mass is 249 g/mol. The van der Waals surface area contributed by atoms with Crippen molar-refractivity contribution in [3.63, 3.8) is 0 Å². The van der Waals surface area contributed by atoms with Crippen LogP contribution in [0.15, 0.2) is 18.3 Å². The van der Waals surface area contributed by atoms with Gasteiger partial charge in [0, 0.05) is 31.9 Å². The lowest BCUT2D eigenvalue weighted by atomic mass is 9.95. The molecule has 0 bridgehead atoms. The molecule has 1 aromatic heterocycles. The molecule has 2 atom stereocenters. The number of pyridine rings is 1. The summed E-state index contributed by atoms with van der Waals surface area (Å²) in [4.78, 5) is 6.82. The second kappa shape index (κ2) is 6.16. The van der Waals surface area contributed by atoms with Crippen molar-refractivity contribution < 1.29 is 5.11 Å². The van der Waals surface area contributed by atoms with Crippen LogP contribution in [0.5, 0.6) is 0 Å². The molecule has 1 unspecified atom stereocenters. The minimum Gasteiger partial charge on any atom is -0.396 e. The number of nitrogens with two attached hydrogens (primary N) is 1. The van der Waals surface area contributed by atoms with Crippen molar-refractivity contribution in [2.45, 2.75) is 32.2 Å². The minimum absolute atomic E-state index is 0.0371. The zero-order valence-corrected chi connectivity index (χ0v) is 11.0. The number of hydrogen-bond acceptors (Lipinski definition) is 4. The van der Waals surface area contributed by atoms with Crippen LogP contribution in [0, 0.1) is 5.92 Å². The lowest BCUT2D eigenvalue weighted by molar-refractivity contribution is 0.244. The van der Waals surface area contributed by atoms with E-state index < -0.39 is 0 Å². The lowest BCUT2D eigenvalue weighted by Gasteiger charge is -2.33. The number of rotatable bonds is 4. The number of aliphatic hydroxyl groups excluding tert-OH is 1. The van der Waals surface area contributed by atoms with Crippen molar-refractivity contribution in [2.75, 3.05) is 24.6 Å². The standard InChI is InChI=1S/C14H23N3O/c1-11(15)13-4-5-14(16-9-13)17-7-2-3-12(10-17)6-8-18/h4-5,9,11-12,18H,2-3,6-8,10,15H2,1H3/t11-,12?/m0/s1. The summed E-state index contributed by atoms with van der Waals surface area (Å²) in [6.07, 6.45) is 5.17. The maximum Gasteiger partial charge on any atom is 0.128 e. The average molecular weight is 249 g/mol. The van der Waals surface area contributed by atoms with Crippen LogP contribution >= 0.6 is 0 Å². The Hall–Kier alpha value is -1.13. The summed E-state index contributed by atoms with van der Waals surface area (Å²) in [5.74, 6) is 1.63. The van der Waals surface area contributed by atoms with E-state index in [1.54, 1.807) is 0 Å². The molecule has 18 heavy (non-hydrogen) atoms. The fourth-order valence-corrected chi connectivity index (χ4v) is 2.55. The normalized spacial score (nSPS) is 21.9. The number of hydrogen-bond donors (Lipinski definition) is 2. The van der Waals surface area contributed by atoms with Gasteiger partial charge in [0.1, 0.15) is 5.82 Å². The Morgan fingerprint density at radius 2 is 2.39 bits per heavy atom. The first-order valence-corrected chi connectivity index (χ1v) is 6.78. The topological polar surface area (TPSA) is 62.4 Å². The first-order chi connectivity index (χ1) is 8.70. The summed E-state index contributed by atoms with van der Waals surface area (Å²) in [7, 11) is 0. The van der Waals surface area contributed by atoms with Gasteiger partial charge in [0.25, 0.3) is 0 Å². The Labute approximate surface area is 109 Å². The van der Waals surface area contributed by atoms with Crippen LogP contribution in [0.25, 0.3) is 0 Å². The van der Waals surface area contributed by atoms with Crippen molar-refractivity contribution in [1.82, 2.24) is 4.98 Å². The van der Waals surface area contributed by atoms with Gasteiger partial charge >= 0.3 is 0 Å². The third-order valence-electron chi connectivity index (χ3n) is 3.68. The summed E-state index contributed by atoms with van der Waals surface area (Å²) >= 11 is 0. The molecule has 0 aliphatic carbocycles. The molecule has 2 rings (SSSR count). The molecule has 3 N–H and O–H groups in total. The number of aliphatic hydroxyl groups is 1. The fourth-order valence-electron chi connectivity index (χ4n) is 2.55. The Morgan fingerprint density at radius 3 is 3.00 bits per heavy atom. The van der Waals surface area contributed by atoms with Crippen LogP contribution in [0.3, 0.4) is 0 Å². The maximum absolute atomic E-state index is 9.02. The van der Waals surface area contributed by atoms with E-state index in [2.05, 4.69) is 22.0 Å². The average Bonchev–Trinajstić information content (AvgIpc) is 2.39. The van der Waals surface area contributed by atoms with Crippen molar-refractivity contribution >= 4 is 5.82 Å². The Kier molecular flexibility index (Phi) is 4.55. The zero-order valence-electron chi connectivity index (χ0n) is 11.0. The van der Waals surface area contributed by atoms with Crippen molar-refractivity contribution in [1.29, 1.82) is 0 Å². The molecule has 0 radical (unpaired) electrons. The van der Waals surface area contributed by atoms with E-state index in [0.29, 0.717) is 5.92 Å². The van der Waals surface area contributed by atoms with Crippen LogP contribution < -0.4 is 10.6 Å². The molecule has 2 heterocycles. The highest BCUT2D eigenvalue weighted by atomic mass is 16.3. The summed E-state index contributed by atoms with van der Waals surface area (Å²) in [6, 6.07) is 4.15. The molecule has 4 heteroatoms. The molecule has 0 spiro atoms. The zero-order chi connectivity index (χ0) is 13.0. The van der Waals surface area contributed by atoms with Gasteiger partial charge in [-0.05, 0) is 43.7 Å². The predicted molar refractivity (Wildman–Crippen MR) is 73.5 cm³/mol. The van der Waals surface area contributed by atoms with Gasteiger partial charge in [0.05, 0.1) is 0 Å². The Balaban J connectivity index is 2.02. The van der Waals surface area contributed by atoms with E-state index in [4.69, 9.17) is 10.8 Å². The van der Waals surface area contributed by atoms with Gasteiger partial charge in [-0.2, -0.15) is 0 Å². The second-order valence-corrected chi connectivity index (χ2v) is 5.20. The third-order valence-corrected chi connectivity index (χ3v) is 3.68. The third kappa shape index (κ3) is 3.21. The molecule has 1 aliphatic heterocycles. The Morgan fingerprint density at radius 1 is 1.56 bits per heavy atom. The molecule has 0 amide bonds. The van der Waals surface area contributed by atoms with E-state index in [1.807, 2.05) is 13.1 Å². The maximum atomic E-state index is 9.02. The molecule has 0 aromatic carbocycles. The summed E-state index contributed by atoms with van der Waals surface area (Å²) in [5, 5.41) is 9.02. The van der Waals surface area contributed by atoms with Crippen molar-refractivity contribution in [2.24, 2.45) is 11.7 Å². The van der Waals surface area contributed by atoms with Crippen LogP contribution in [-0.4, -0.2) is 29.8 Å². The minimum atomic E-state index is 0.0371. The van der Waals surface area contributed by atoms with Crippen LogP contribution in [0.1, 0.15) is 37.8 Å². The predicted octanol–water partition coefficient (Wildman–Crippen LogP) is 1.70. The molecular formula is C14H23N3O. The largest absolute Gasteiger partial charge is 0.396 e. The molecule has 1 aliphatic rings. The lowest BCUT2D eigenvalue weighted by Crippen LogP contribution is -2.36. The van der Waals surface area contributed by atoms with E-state index in [-0.39, 0.29) is 12.6 Å². The molecule has 100 valence electrons. The van der Waals surface area contributed by atoms with Gasteiger partial charge < -0.3 is 15.7 Å². The van der Waals surface area contributed by atoms with Crippen molar-refractivity contribution in [3.8, 4) is 0 Å². The fraction of sp³-hybridized carbons (Fsp3) is 0.643. The highest BCUT2D eigenvalue weighted by molar-refractivity contribution is 5.40. The summed E-state index contributed by atoms with van der Waals surface area (Å²) in [6.45, 7) is 4.32. The van der Waals surface area contributed by atoms with Gasteiger partial charge in [0.15, 0.2) is 0 Å². The first-order valence-electron chi connectivity index (χ1n) is 6.78. The smallest absolute Gasteiger partial charge is 0.128 e. The first kappa shape index (κ1) is 13.3. The molecule has 1 fully saturated rings. The molecule has 1 saturated heterocycles. The van der Waals surface area contributed by atoms with E-state index in [0.717, 1.165) is 30.9 Å². The molecule has 1 aromatic rings. The molecule has 4 nitrogen and oxygen atoms in total. The number of anilines is 1. The van der Waals surface area contributed by atoms with E-state index in [9.17, 15) is 0 Å². The van der Waals surface area contributed by atoms with Crippen LogP contribution in [0.2, 0.25) is 0 Å².